The van der Waals surface area contributed by atoms with Crippen molar-refractivity contribution in [3.05, 3.63) is 35.9 Å². The number of benzene rings is 1. The standard InChI is InChI=1S/C11H15BrClNO2S/c1-11(2,3)14(13)17(15,16)10(12)9-7-5-4-6-8-9/h4-8,10H,1-3H3. The summed E-state index contributed by atoms with van der Waals surface area (Å²) in [7, 11) is -3.63. The number of hydrogen-bond acceptors (Lipinski definition) is 2. The van der Waals surface area contributed by atoms with Crippen molar-refractivity contribution in [2.75, 3.05) is 0 Å². The summed E-state index contributed by atoms with van der Waals surface area (Å²) in [6, 6.07) is 8.89. The van der Waals surface area contributed by atoms with Crippen LogP contribution in [-0.2, 0) is 10.0 Å². The summed E-state index contributed by atoms with van der Waals surface area (Å²) < 4.78 is 24.5. The summed E-state index contributed by atoms with van der Waals surface area (Å²) in [6.07, 6.45) is 0. The van der Waals surface area contributed by atoms with Crippen LogP contribution in [0.25, 0.3) is 0 Å². The van der Waals surface area contributed by atoms with E-state index in [9.17, 15) is 8.42 Å². The van der Waals surface area contributed by atoms with Crippen LogP contribution in [0.5, 0.6) is 0 Å². The van der Waals surface area contributed by atoms with Gasteiger partial charge < -0.3 is 0 Å². The average molecular weight is 341 g/mol. The Labute approximate surface area is 116 Å². The Bertz CT molecular complexity index is 470. The third kappa shape index (κ3) is 3.44. The van der Waals surface area contributed by atoms with Gasteiger partial charge in [0.1, 0.15) is 0 Å². The largest absolute Gasteiger partial charge is 0.245 e. The van der Waals surface area contributed by atoms with Crippen LogP contribution in [0.3, 0.4) is 0 Å². The van der Waals surface area contributed by atoms with Crippen molar-refractivity contribution in [1.29, 1.82) is 0 Å². The van der Waals surface area contributed by atoms with Gasteiger partial charge in [-0.25, -0.2) is 8.42 Å². The van der Waals surface area contributed by atoms with Gasteiger partial charge in [0.25, 0.3) is 0 Å². The van der Waals surface area contributed by atoms with Crippen molar-refractivity contribution in [3.8, 4) is 0 Å². The number of hydrogen-bond donors (Lipinski definition) is 0. The summed E-state index contributed by atoms with van der Waals surface area (Å²) >= 11 is 9.10. The van der Waals surface area contributed by atoms with Crippen LogP contribution in [-0.4, -0.2) is 17.8 Å². The van der Waals surface area contributed by atoms with Crippen molar-refractivity contribution in [2.24, 2.45) is 0 Å². The Kier molecular flexibility index (Phi) is 4.63. The van der Waals surface area contributed by atoms with Crippen molar-refractivity contribution < 1.29 is 8.42 Å². The fraction of sp³-hybridized carbons (Fsp3) is 0.455. The van der Waals surface area contributed by atoms with Gasteiger partial charge in [-0.05, 0) is 38.1 Å². The van der Waals surface area contributed by atoms with E-state index >= 15 is 0 Å². The number of nitrogens with zero attached hydrogens (tertiary/aromatic N) is 1. The van der Waals surface area contributed by atoms with Gasteiger partial charge >= 0.3 is 0 Å². The van der Waals surface area contributed by atoms with E-state index in [0.29, 0.717) is 5.56 Å². The molecule has 1 rings (SSSR count). The lowest BCUT2D eigenvalue weighted by Crippen LogP contribution is -2.39. The van der Waals surface area contributed by atoms with E-state index in [2.05, 4.69) is 15.9 Å². The maximum absolute atomic E-state index is 12.2. The van der Waals surface area contributed by atoms with E-state index in [1.165, 1.54) is 0 Å². The van der Waals surface area contributed by atoms with Gasteiger partial charge in [0.15, 0.2) is 4.16 Å². The average Bonchev–Trinajstić information content (AvgIpc) is 2.27. The quantitative estimate of drug-likeness (QED) is 0.622. The lowest BCUT2D eigenvalue weighted by Gasteiger charge is -2.29. The minimum atomic E-state index is -3.63. The third-order valence-corrected chi connectivity index (χ3v) is 6.89. The number of sulfonamides is 1. The molecule has 6 heteroatoms. The highest BCUT2D eigenvalue weighted by Gasteiger charge is 2.37. The molecule has 0 bridgehead atoms. The van der Waals surface area contributed by atoms with Gasteiger partial charge in [-0.1, -0.05) is 46.3 Å². The van der Waals surface area contributed by atoms with Gasteiger partial charge in [-0.15, -0.1) is 3.82 Å². The fourth-order valence-electron chi connectivity index (χ4n) is 1.24. The number of rotatable bonds is 3. The highest BCUT2D eigenvalue weighted by atomic mass is 79.9. The summed E-state index contributed by atoms with van der Waals surface area (Å²) in [5, 5.41) is 0. The molecule has 0 saturated heterocycles. The van der Waals surface area contributed by atoms with Crippen LogP contribution >= 0.6 is 27.7 Å². The molecule has 0 aliphatic rings. The highest BCUT2D eigenvalue weighted by molar-refractivity contribution is 9.10. The first kappa shape index (κ1) is 15.0. The molecule has 0 fully saturated rings. The van der Waals surface area contributed by atoms with E-state index < -0.39 is 19.7 Å². The number of halogens is 2. The summed E-state index contributed by atoms with van der Waals surface area (Å²) in [4.78, 5) is 0. The smallest absolute Gasteiger partial charge is 0.209 e. The normalized spacial score (nSPS) is 14.9. The molecule has 0 spiro atoms. The van der Waals surface area contributed by atoms with Crippen molar-refractivity contribution in [1.82, 2.24) is 3.82 Å². The first-order valence-corrected chi connectivity index (χ1v) is 7.82. The third-order valence-electron chi connectivity index (χ3n) is 2.07. The molecule has 1 atom stereocenters. The number of alkyl halides is 1. The Balaban J connectivity index is 3.08. The second kappa shape index (κ2) is 5.26. The molecule has 0 radical (unpaired) electrons. The van der Waals surface area contributed by atoms with E-state index in [0.717, 1.165) is 3.82 Å². The van der Waals surface area contributed by atoms with Crippen LogP contribution in [0.2, 0.25) is 0 Å². The van der Waals surface area contributed by atoms with E-state index in [-0.39, 0.29) is 0 Å². The predicted molar refractivity (Wildman–Crippen MR) is 74.5 cm³/mol. The molecule has 0 aliphatic heterocycles. The first-order valence-electron chi connectivity index (χ1n) is 5.06. The second-order valence-corrected chi connectivity index (χ2v) is 8.58. The monoisotopic (exact) mass is 339 g/mol. The molecule has 3 nitrogen and oxygen atoms in total. The minimum Gasteiger partial charge on any atom is -0.209 e. The van der Waals surface area contributed by atoms with Crippen LogP contribution in [0.15, 0.2) is 30.3 Å². The first-order chi connectivity index (χ1) is 7.67. The zero-order valence-corrected chi connectivity index (χ0v) is 13.1. The van der Waals surface area contributed by atoms with Crippen molar-refractivity contribution in [3.63, 3.8) is 0 Å². The minimum absolute atomic E-state index is 0.655. The zero-order chi connectivity index (χ0) is 13.3. The molecule has 0 saturated carbocycles. The lowest BCUT2D eigenvalue weighted by atomic mass is 10.1. The second-order valence-electron chi connectivity index (χ2n) is 4.66. The van der Waals surface area contributed by atoms with E-state index in [1.807, 2.05) is 6.07 Å². The van der Waals surface area contributed by atoms with Gasteiger partial charge in [0.05, 0.1) is 0 Å². The fourth-order valence-corrected chi connectivity index (χ4v) is 4.00. The summed E-state index contributed by atoms with van der Waals surface area (Å²) in [5.41, 5.74) is -0.0105. The van der Waals surface area contributed by atoms with Gasteiger partial charge in [-0.2, -0.15) is 0 Å². The molecule has 0 N–H and O–H groups in total. The Hall–Kier alpha value is -0.100. The maximum Gasteiger partial charge on any atom is 0.245 e. The Morgan fingerprint density at radius 1 is 1.24 bits per heavy atom. The molecule has 96 valence electrons. The molecular weight excluding hydrogens is 326 g/mol. The van der Waals surface area contributed by atoms with Gasteiger partial charge in [0, 0.05) is 5.54 Å². The molecule has 0 heterocycles. The summed E-state index contributed by atoms with van der Waals surface area (Å²) in [5.74, 6) is 0. The van der Waals surface area contributed by atoms with Crippen LogP contribution in [0, 0.1) is 0 Å². The summed E-state index contributed by atoms with van der Waals surface area (Å²) in [6.45, 7) is 5.22. The molecule has 0 aromatic heterocycles. The SMILES string of the molecule is CC(C)(C)N(Cl)S(=O)(=O)C(Br)c1ccccc1. The Morgan fingerprint density at radius 3 is 2.12 bits per heavy atom. The Morgan fingerprint density at radius 2 is 1.71 bits per heavy atom. The molecule has 0 amide bonds. The zero-order valence-electron chi connectivity index (χ0n) is 9.89. The van der Waals surface area contributed by atoms with Crippen LogP contribution < -0.4 is 0 Å². The molecule has 17 heavy (non-hydrogen) atoms. The molecular formula is C11H15BrClNO2S. The van der Waals surface area contributed by atoms with Crippen LogP contribution in [0.4, 0.5) is 0 Å². The topological polar surface area (TPSA) is 37.4 Å². The van der Waals surface area contributed by atoms with E-state index in [1.54, 1.807) is 45.0 Å². The maximum atomic E-state index is 12.2. The lowest BCUT2D eigenvalue weighted by molar-refractivity contribution is 0.368. The predicted octanol–water partition coefficient (Wildman–Crippen LogP) is 3.66. The van der Waals surface area contributed by atoms with Crippen molar-refractivity contribution >= 4 is 37.7 Å². The van der Waals surface area contributed by atoms with E-state index in [4.69, 9.17) is 11.8 Å². The molecule has 0 aliphatic carbocycles. The molecule has 1 aromatic carbocycles. The highest BCUT2D eigenvalue weighted by Crippen LogP contribution is 2.35. The van der Waals surface area contributed by atoms with Crippen LogP contribution in [0.1, 0.15) is 30.5 Å². The molecule has 1 unspecified atom stereocenters. The van der Waals surface area contributed by atoms with Gasteiger partial charge in [0.2, 0.25) is 10.0 Å². The van der Waals surface area contributed by atoms with Gasteiger partial charge in [-0.3, -0.25) is 0 Å². The van der Waals surface area contributed by atoms with Crippen molar-refractivity contribution in [2.45, 2.75) is 30.5 Å². The molecule has 1 aromatic rings.